The fraction of sp³-hybridized carbons (Fsp3) is 0.188. The normalized spacial score (nSPS) is 11.1. The first-order valence-electron chi connectivity index (χ1n) is 7.46. The first kappa shape index (κ1) is 14.7. The number of rotatable bonds is 4. The first-order chi connectivity index (χ1) is 11.7. The van der Waals surface area contributed by atoms with E-state index in [9.17, 15) is 0 Å². The number of tetrazole rings is 1. The van der Waals surface area contributed by atoms with Crippen molar-refractivity contribution in [3.63, 3.8) is 0 Å². The molecule has 3 aromatic heterocycles. The lowest BCUT2D eigenvalue weighted by Gasteiger charge is -1.96. The summed E-state index contributed by atoms with van der Waals surface area (Å²) in [4.78, 5) is 6.19. The second-order valence-corrected chi connectivity index (χ2v) is 6.41. The van der Waals surface area contributed by atoms with Crippen LogP contribution in [-0.4, -0.2) is 35.0 Å². The van der Waals surface area contributed by atoms with Crippen LogP contribution in [0.5, 0.6) is 0 Å². The van der Waals surface area contributed by atoms with Gasteiger partial charge in [-0.2, -0.15) is 9.90 Å². The lowest BCUT2D eigenvalue weighted by atomic mass is 10.1. The molecule has 0 atom stereocenters. The van der Waals surface area contributed by atoms with E-state index in [-0.39, 0.29) is 0 Å². The van der Waals surface area contributed by atoms with Crippen LogP contribution in [0.25, 0.3) is 22.0 Å². The molecule has 0 saturated carbocycles. The van der Waals surface area contributed by atoms with E-state index < -0.39 is 0 Å². The van der Waals surface area contributed by atoms with Crippen molar-refractivity contribution in [1.82, 2.24) is 35.0 Å². The smallest absolute Gasteiger partial charge is 0.204 e. The Kier molecular flexibility index (Phi) is 3.66. The van der Waals surface area contributed by atoms with Gasteiger partial charge in [-0.05, 0) is 12.1 Å². The molecule has 0 bridgehead atoms. The average molecular weight is 337 g/mol. The van der Waals surface area contributed by atoms with E-state index in [1.807, 2.05) is 49.1 Å². The molecule has 0 radical (unpaired) electrons. The Morgan fingerprint density at radius 1 is 1.12 bits per heavy atom. The zero-order valence-electron chi connectivity index (χ0n) is 13.3. The number of thiazole rings is 1. The van der Waals surface area contributed by atoms with E-state index in [2.05, 4.69) is 32.4 Å². The van der Waals surface area contributed by atoms with E-state index in [0.717, 1.165) is 21.8 Å². The number of aryl methyl sites for hydroxylation is 2. The van der Waals surface area contributed by atoms with E-state index in [0.29, 0.717) is 12.4 Å². The number of nitrogens with zero attached hydrogens (tertiary/aromatic N) is 7. The van der Waals surface area contributed by atoms with Gasteiger partial charge in [-0.1, -0.05) is 29.8 Å². The summed E-state index contributed by atoms with van der Waals surface area (Å²) in [5.74, 6) is 0.623. The van der Waals surface area contributed by atoms with Gasteiger partial charge >= 0.3 is 0 Å². The molecular weight excluding hydrogens is 322 g/mol. The van der Waals surface area contributed by atoms with Crippen LogP contribution in [0.3, 0.4) is 0 Å². The molecule has 0 amide bonds. The second kappa shape index (κ2) is 5.97. The van der Waals surface area contributed by atoms with Crippen LogP contribution in [0, 0.1) is 6.92 Å². The molecule has 7 nitrogen and oxygen atoms in total. The van der Waals surface area contributed by atoms with Crippen LogP contribution in [0.4, 0.5) is 0 Å². The number of benzene rings is 1. The quantitative estimate of drug-likeness (QED) is 0.572. The molecule has 0 fully saturated rings. The van der Waals surface area contributed by atoms with Crippen molar-refractivity contribution in [3.05, 3.63) is 53.3 Å². The summed E-state index contributed by atoms with van der Waals surface area (Å²) < 4.78 is 1.77. The zero-order chi connectivity index (χ0) is 16.5. The van der Waals surface area contributed by atoms with Crippen LogP contribution in [0.2, 0.25) is 0 Å². The lowest BCUT2D eigenvalue weighted by Crippen LogP contribution is -2.04. The van der Waals surface area contributed by atoms with Crippen molar-refractivity contribution in [2.75, 3.05) is 0 Å². The van der Waals surface area contributed by atoms with Gasteiger partial charge < -0.3 is 0 Å². The first-order valence-corrected chi connectivity index (χ1v) is 8.33. The molecule has 8 heteroatoms. The van der Waals surface area contributed by atoms with Gasteiger partial charge in [-0.3, -0.25) is 4.68 Å². The molecule has 0 N–H and O–H groups in total. The minimum Gasteiger partial charge on any atom is -0.275 e. The second-order valence-electron chi connectivity index (χ2n) is 5.56. The molecule has 0 aliphatic rings. The predicted octanol–water partition coefficient (Wildman–Crippen LogP) is 2.55. The zero-order valence-corrected chi connectivity index (χ0v) is 14.1. The van der Waals surface area contributed by atoms with Gasteiger partial charge in [-0.15, -0.1) is 21.5 Å². The molecule has 24 heavy (non-hydrogen) atoms. The van der Waals surface area contributed by atoms with Crippen LogP contribution < -0.4 is 0 Å². The summed E-state index contributed by atoms with van der Waals surface area (Å²) in [7, 11) is 1.89. The molecule has 1 aromatic carbocycles. The summed E-state index contributed by atoms with van der Waals surface area (Å²) in [5.41, 5.74) is 4.09. The molecule has 0 saturated heterocycles. The Morgan fingerprint density at radius 2 is 1.96 bits per heavy atom. The van der Waals surface area contributed by atoms with Crippen molar-refractivity contribution in [2.24, 2.45) is 7.05 Å². The van der Waals surface area contributed by atoms with Crippen LogP contribution in [0.1, 0.15) is 11.3 Å². The SMILES string of the molecule is Cc1ccc(-c2nnn(Cc3csc(-c4cnn(C)c4)n3)n2)cc1. The highest BCUT2D eigenvalue weighted by Crippen LogP contribution is 2.23. The van der Waals surface area contributed by atoms with Gasteiger partial charge in [0.2, 0.25) is 5.82 Å². The molecular formula is C16H15N7S. The van der Waals surface area contributed by atoms with Crippen molar-refractivity contribution < 1.29 is 0 Å². The summed E-state index contributed by atoms with van der Waals surface area (Å²) in [6.45, 7) is 2.55. The molecule has 0 aliphatic heterocycles. The Labute approximate surface area is 142 Å². The third-order valence-corrected chi connectivity index (χ3v) is 4.51. The highest BCUT2D eigenvalue weighted by Gasteiger charge is 2.10. The molecule has 120 valence electrons. The van der Waals surface area contributed by atoms with Crippen LogP contribution in [-0.2, 0) is 13.6 Å². The minimum atomic E-state index is 0.496. The Bertz CT molecular complexity index is 964. The molecule has 4 aromatic rings. The number of aromatic nitrogens is 7. The van der Waals surface area contributed by atoms with Gasteiger partial charge in [0.25, 0.3) is 0 Å². The number of hydrogen-bond donors (Lipinski definition) is 0. The Hall–Kier alpha value is -2.87. The molecule has 0 spiro atoms. The third kappa shape index (κ3) is 2.95. The fourth-order valence-corrected chi connectivity index (χ4v) is 3.10. The Balaban J connectivity index is 1.52. The van der Waals surface area contributed by atoms with Crippen molar-refractivity contribution in [1.29, 1.82) is 0 Å². The topological polar surface area (TPSA) is 74.3 Å². The highest BCUT2D eigenvalue weighted by molar-refractivity contribution is 7.13. The predicted molar refractivity (Wildman–Crippen MR) is 91.4 cm³/mol. The van der Waals surface area contributed by atoms with Gasteiger partial charge in [0.05, 0.1) is 11.9 Å². The maximum Gasteiger partial charge on any atom is 0.204 e. The summed E-state index contributed by atoms with van der Waals surface area (Å²) in [5, 5.41) is 19.8. The van der Waals surface area contributed by atoms with Gasteiger partial charge in [0.15, 0.2) is 0 Å². The summed E-state index contributed by atoms with van der Waals surface area (Å²) >= 11 is 1.59. The highest BCUT2D eigenvalue weighted by atomic mass is 32.1. The summed E-state index contributed by atoms with van der Waals surface area (Å²) in [6, 6.07) is 8.08. The van der Waals surface area contributed by atoms with Crippen LogP contribution in [0.15, 0.2) is 42.0 Å². The molecule has 0 aliphatic carbocycles. The lowest BCUT2D eigenvalue weighted by molar-refractivity contribution is 0.566. The largest absolute Gasteiger partial charge is 0.275 e. The standard InChI is InChI=1S/C16H15N7S/c1-11-3-5-12(6-4-11)15-19-21-23(20-15)9-14-10-24-16(18-14)13-7-17-22(2)8-13/h3-8,10H,9H2,1-2H3. The Morgan fingerprint density at radius 3 is 2.71 bits per heavy atom. The maximum absolute atomic E-state index is 4.62. The fourth-order valence-electron chi connectivity index (χ4n) is 2.32. The monoisotopic (exact) mass is 337 g/mol. The minimum absolute atomic E-state index is 0.496. The molecule has 0 unspecified atom stereocenters. The third-order valence-electron chi connectivity index (χ3n) is 3.57. The van der Waals surface area contributed by atoms with Crippen molar-refractivity contribution in [2.45, 2.75) is 13.5 Å². The summed E-state index contributed by atoms with van der Waals surface area (Å²) in [6.07, 6.45) is 3.76. The average Bonchev–Trinajstić information content (AvgIpc) is 3.30. The molecule has 3 heterocycles. The van der Waals surface area contributed by atoms with E-state index >= 15 is 0 Å². The van der Waals surface area contributed by atoms with Gasteiger partial charge in [0.1, 0.15) is 11.6 Å². The van der Waals surface area contributed by atoms with Crippen molar-refractivity contribution >= 4 is 11.3 Å². The van der Waals surface area contributed by atoms with Crippen molar-refractivity contribution in [3.8, 4) is 22.0 Å². The van der Waals surface area contributed by atoms with Crippen LogP contribution >= 0.6 is 11.3 Å². The van der Waals surface area contributed by atoms with E-state index in [1.54, 1.807) is 20.8 Å². The maximum atomic E-state index is 4.62. The molecule has 4 rings (SSSR count). The van der Waals surface area contributed by atoms with E-state index in [1.165, 1.54) is 5.56 Å². The van der Waals surface area contributed by atoms with Gasteiger partial charge in [-0.25, -0.2) is 4.98 Å². The number of hydrogen-bond acceptors (Lipinski definition) is 6. The van der Waals surface area contributed by atoms with Gasteiger partial charge in [0, 0.05) is 29.8 Å². The van der Waals surface area contributed by atoms with E-state index in [4.69, 9.17) is 0 Å².